The smallest absolute Gasteiger partial charge is 0.387 e. The monoisotopic (exact) mass is 424 g/mol. The number of aromatic nitrogens is 3. The van der Waals surface area contributed by atoms with Crippen molar-refractivity contribution in [3.63, 3.8) is 0 Å². The first-order valence-corrected chi connectivity index (χ1v) is 8.95. The number of hydrogen-bond donors (Lipinski definition) is 1. The highest BCUT2D eigenvalue weighted by atomic mass is 79.9. The SMILES string of the molecule is FC(F)Oc1ccc(Br)cc1C1C=C(c2cccs2)Nc2ncnn21. The number of allylic oxidation sites excluding steroid dienone is 1. The molecule has 0 radical (unpaired) electrons. The number of alkyl halides is 2. The van der Waals surface area contributed by atoms with Crippen molar-refractivity contribution >= 4 is 38.9 Å². The molecule has 128 valence electrons. The molecule has 1 aliphatic heterocycles. The average Bonchev–Trinajstić information content (AvgIpc) is 3.26. The summed E-state index contributed by atoms with van der Waals surface area (Å²) in [7, 11) is 0. The Bertz CT molecular complexity index is 926. The molecule has 0 fully saturated rings. The predicted molar refractivity (Wildman–Crippen MR) is 94.9 cm³/mol. The van der Waals surface area contributed by atoms with E-state index in [2.05, 4.69) is 31.3 Å². The van der Waals surface area contributed by atoms with Crippen LogP contribution in [0.2, 0.25) is 0 Å². The number of halogens is 3. The van der Waals surface area contributed by atoms with E-state index >= 15 is 0 Å². The van der Waals surface area contributed by atoms with Crippen LogP contribution < -0.4 is 10.1 Å². The van der Waals surface area contributed by atoms with Gasteiger partial charge >= 0.3 is 6.61 Å². The number of fused-ring (bicyclic) bond motifs is 1. The van der Waals surface area contributed by atoms with Gasteiger partial charge in [0.05, 0.1) is 10.6 Å². The highest BCUT2D eigenvalue weighted by Gasteiger charge is 2.27. The van der Waals surface area contributed by atoms with Crippen LogP contribution in [0, 0.1) is 0 Å². The van der Waals surface area contributed by atoms with Crippen molar-refractivity contribution < 1.29 is 13.5 Å². The van der Waals surface area contributed by atoms with Gasteiger partial charge in [-0.15, -0.1) is 11.3 Å². The van der Waals surface area contributed by atoms with E-state index in [1.165, 1.54) is 12.4 Å². The molecule has 0 spiro atoms. The molecule has 0 bridgehead atoms. The van der Waals surface area contributed by atoms with Gasteiger partial charge < -0.3 is 10.1 Å². The fraction of sp³-hybridized carbons (Fsp3) is 0.125. The third kappa shape index (κ3) is 3.16. The fourth-order valence-electron chi connectivity index (χ4n) is 2.68. The second-order valence-corrected chi connectivity index (χ2v) is 7.08. The lowest BCUT2D eigenvalue weighted by Crippen LogP contribution is -2.21. The molecule has 2 aromatic heterocycles. The molecule has 9 heteroatoms. The van der Waals surface area contributed by atoms with Crippen LogP contribution in [0.15, 0.2) is 52.6 Å². The Morgan fingerprint density at radius 1 is 1.32 bits per heavy atom. The van der Waals surface area contributed by atoms with Crippen LogP contribution in [0.5, 0.6) is 5.75 Å². The molecule has 0 saturated heterocycles. The Kier molecular flexibility index (Phi) is 4.26. The summed E-state index contributed by atoms with van der Waals surface area (Å²) in [5.74, 6) is 0.646. The van der Waals surface area contributed by atoms with Gasteiger partial charge in [-0.3, -0.25) is 0 Å². The van der Waals surface area contributed by atoms with Crippen LogP contribution in [0.25, 0.3) is 5.70 Å². The van der Waals surface area contributed by atoms with Gasteiger partial charge in [-0.05, 0) is 35.7 Å². The van der Waals surface area contributed by atoms with Crippen molar-refractivity contribution in [2.24, 2.45) is 0 Å². The third-order valence-electron chi connectivity index (χ3n) is 3.70. The van der Waals surface area contributed by atoms with Gasteiger partial charge in [-0.1, -0.05) is 22.0 Å². The molecule has 0 aliphatic carbocycles. The minimum absolute atomic E-state index is 0.105. The molecule has 0 amide bonds. The van der Waals surface area contributed by atoms with E-state index in [-0.39, 0.29) is 5.75 Å². The van der Waals surface area contributed by atoms with E-state index in [4.69, 9.17) is 4.74 Å². The molecular weight excluding hydrogens is 414 g/mol. The van der Waals surface area contributed by atoms with Crippen LogP contribution in [-0.4, -0.2) is 21.4 Å². The van der Waals surface area contributed by atoms with Crippen LogP contribution in [0.1, 0.15) is 16.5 Å². The van der Waals surface area contributed by atoms with Crippen molar-refractivity contribution in [3.8, 4) is 5.75 Å². The number of benzene rings is 1. The number of ether oxygens (including phenoxy) is 1. The van der Waals surface area contributed by atoms with Crippen LogP contribution >= 0.6 is 27.3 Å². The highest BCUT2D eigenvalue weighted by molar-refractivity contribution is 9.10. The quantitative estimate of drug-likeness (QED) is 0.655. The summed E-state index contributed by atoms with van der Waals surface area (Å²) in [5, 5.41) is 9.41. The number of hydrogen-bond acceptors (Lipinski definition) is 5. The summed E-state index contributed by atoms with van der Waals surface area (Å²) >= 11 is 4.96. The largest absolute Gasteiger partial charge is 0.434 e. The maximum Gasteiger partial charge on any atom is 0.387 e. The highest BCUT2D eigenvalue weighted by Crippen LogP contribution is 2.38. The Hall–Kier alpha value is -2.26. The number of rotatable bonds is 4. The maximum atomic E-state index is 12.8. The Morgan fingerprint density at radius 3 is 2.96 bits per heavy atom. The van der Waals surface area contributed by atoms with E-state index in [0.29, 0.717) is 11.5 Å². The molecule has 25 heavy (non-hydrogen) atoms. The Morgan fingerprint density at radius 2 is 2.20 bits per heavy atom. The normalized spacial score (nSPS) is 16.3. The lowest BCUT2D eigenvalue weighted by atomic mass is 10.0. The number of thiophene rings is 1. The molecule has 3 aromatic rings. The van der Waals surface area contributed by atoms with Gasteiger partial charge in [0.1, 0.15) is 18.1 Å². The summed E-state index contributed by atoms with van der Waals surface area (Å²) < 4.78 is 32.7. The van der Waals surface area contributed by atoms with E-state index in [0.717, 1.165) is 15.0 Å². The Balaban J connectivity index is 1.85. The van der Waals surface area contributed by atoms with Gasteiger partial charge in [-0.25, -0.2) is 4.68 Å². The van der Waals surface area contributed by atoms with Crippen molar-refractivity contribution in [3.05, 3.63) is 63.0 Å². The van der Waals surface area contributed by atoms with E-state index in [1.807, 2.05) is 23.6 Å². The van der Waals surface area contributed by atoms with Crippen molar-refractivity contribution in [2.75, 3.05) is 5.32 Å². The maximum absolute atomic E-state index is 12.8. The zero-order valence-electron chi connectivity index (χ0n) is 12.6. The van der Waals surface area contributed by atoms with Gasteiger partial charge in [-0.2, -0.15) is 18.9 Å². The third-order valence-corrected chi connectivity index (χ3v) is 5.10. The lowest BCUT2D eigenvalue weighted by molar-refractivity contribution is -0.0506. The van der Waals surface area contributed by atoms with Crippen LogP contribution in [-0.2, 0) is 0 Å². The van der Waals surface area contributed by atoms with Crippen molar-refractivity contribution in [1.82, 2.24) is 14.8 Å². The molecule has 0 saturated carbocycles. The van der Waals surface area contributed by atoms with Gasteiger partial charge in [0, 0.05) is 10.0 Å². The van der Waals surface area contributed by atoms with Crippen LogP contribution in [0.4, 0.5) is 14.7 Å². The molecule has 4 rings (SSSR count). The number of nitrogens with zero attached hydrogens (tertiary/aromatic N) is 3. The van der Waals surface area contributed by atoms with E-state index in [1.54, 1.807) is 28.2 Å². The molecule has 1 aliphatic rings. The first-order valence-electron chi connectivity index (χ1n) is 7.28. The fourth-order valence-corrected chi connectivity index (χ4v) is 3.77. The summed E-state index contributed by atoms with van der Waals surface area (Å²) in [6.07, 6.45) is 3.35. The van der Waals surface area contributed by atoms with Gasteiger partial charge in [0.15, 0.2) is 0 Å². The van der Waals surface area contributed by atoms with Crippen LogP contribution in [0.3, 0.4) is 0 Å². The van der Waals surface area contributed by atoms with Crippen molar-refractivity contribution in [1.29, 1.82) is 0 Å². The molecule has 5 nitrogen and oxygen atoms in total. The van der Waals surface area contributed by atoms with Crippen molar-refractivity contribution in [2.45, 2.75) is 12.7 Å². The standard InChI is InChI=1S/C16H11BrF2N4OS/c17-9-3-4-13(24-15(18)19)10(6-9)12-7-11(14-2-1-5-25-14)22-16-20-8-21-23(12)16/h1-8,12,15H,(H,20,21,22). The second kappa shape index (κ2) is 6.57. The first kappa shape index (κ1) is 16.2. The minimum atomic E-state index is -2.90. The van der Waals surface area contributed by atoms with E-state index < -0.39 is 12.7 Å². The topological polar surface area (TPSA) is 52.0 Å². The van der Waals surface area contributed by atoms with Gasteiger partial charge in [0.2, 0.25) is 5.95 Å². The first-order chi connectivity index (χ1) is 12.1. The molecular formula is C16H11BrF2N4OS. The molecule has 1 atom stereocenters. The van der Waals surface area contributed by atoms with E-state index in [9.17, 15) is 8.78 Å². The number of nitrogens with one attached hydrogen (secondary N) is 1. The lowest BCUT2D eigenvalue weighted by Gasteiger charge is -2.25. The summed E-state index contributed by atoms with van der Waals surface area (Å²) in [4.78, 5) is 5.23. The summed E-state index contributed by atoms with van der Waals surface area (Å²) in [5.41, 5.74) is 1.42. The average molecular weight is 425 g/mol. The molecule has 3 heterocycles. The molecule has 1 N–H and O–H groups in total. The minimum Gasteiger partial charge on any atom is -0.434 e. The Labute approximate surface area is 154 Å². The molecule has 1 unspecified atom stereocenters. The summed E-state index contributed by atoms with van der Waals surface area (Å²) in [6.45, 7) is -2.90. The zero-order valence-corrected chi connectivity index (χ0v) is 15.0. The molecule has 1 aromatic carbocycles. The summed E-state index contributed by atoms with van der Waals surface area (Å²) in [6, 6.07) is 8.42. The van der Waals surface area contributed by atoms with Gasteiger partial charge in [0.25, 0.3) is 0 Å². The predicted octanol–water partition coefficient (Wildman–Crippen LogP) is 4.76. The number of anilines is 1. The zero-order chi connectivity index (χ0) is 17.4. The second-order valence-electron chi connectivity index (χ2n) is 5.22.